The van der Waals surface area contributed by atoms with Gasteiger partial charge in [-0.15, -0.1) is 0 Å². The molecule has 2 heterocycles. The molecule has 2 aromatic rings. The van der Waals surface area contributed by atoms with Crippen molar-refractivity contribution in [3.05, 3.63) is 46.0 Å². The van der Waals surface area contributed by atoms with Crippen molar-refractivity contribution in [2.45, 2.75) is 20.4 Å². The highest BCUT2D eigenvalue weighted by molar-refractivity contribution is 9.10. The topological polar surface area (TPSA) is 38.1 Å². The number of pyridine rings is 1. The first-order valence-corrected chi connectivity index (χ1v) is 5.86. The number of rotatable bonds is 3. The molecular weight excluding hydrogens is 268 g/mol. The lowest BCUT2D eigenvalue weighted by Crippen LogP contribution is -2.01. The van der Waals surface area contributed by atoms with Crippen LogP contribution in [0.4, 0.5) is 5.82 Å². The van der Waals surface area contributed by atoms with Gasteiger partial charge in [0, 0.05) is 6.20 Å². The Morgan fingerprint density at radius 3 is 2.81 bits per heavy atom. The molecule has 0 aromatic carbocycles. The van der Waals surface area contributed by atoms with E-state index in [2.05, 4.69) is 26.2 Å². The molecule has 0 amide bonds. The van der Waals surface area contributed by atoms with E-state index in [-0.39, 0.29) is 0 Å². The third-order valence-electron chi connectivity index (χ3n) is 2.31. The van der Waals surface area contributed by atoms with E-state index in [0.717, 1.165) is 27.4 Å². The van der Waals surface area contributed by atoms with Crippen molar-refractivity contribution in [2.75, 3.05) is 5.32 Å². The predicted octanol–water partition coefficient (Wildman–Crippen LogP) is 3.67. The normalized spacial score (nSPS) is 10.4. The predicted molar refractivity (Wildman–Crippen MR) is 67.4 cm³/mol. The zero-order valence-electron chi connectivity index (χ0n) is 9.25. The summed E-state index contributed by atoms with van der Waals surface area (Å²) in [5.41, 5.74) is 1.16. The molecule has 0 spiro atoms. The first-order chi connectivity index (χ1) is 7.66. The number of nitrogens with zero attached hydrogens (tertiary/aromatic N) is 1. The van der Waals surface area contributed by atoms with Crippen molar-refractivity contribution >= 4 is 21.7 Å². The van der Waals surface area contributed by atoms with Crippen molar-refractivity contribution in [2.24, 2.45) is 0 Å². The number of anilines is 1. The fourth-order valence-electron chi connectivity index (χ4n) is 1.41. The van der Waals surface area contributed by atoms with E-state index in [1.54, 1.807) is 6.20 Å². The molecule has 84 valence electrons. The van der Waals surface area contributed by atoms with E-state index in [1.807, 2.05) is 32.0 Å². The van der Waals surface area contributed by atoms with E-state index in [0.29, 0.717) is 6.54 Å². The third-order valence-corrected chi connectivity index (χ3v) is 3.31. The van der Waals surface area contributed by atoms with Gasteiger partial charge < -0.3 is 9.73 Å². The number of hydrogen-bond donors (Lipinski definition) is 1. The molecule has 0 aliphatic heterocycles. The van der Waals surface area contributed by atoms with Gasteiger partial charge in [0.05, 0.1) is 11.0 Å². The Kier molecular flexibility index (Phi) is 3.29. The van der Waals surface area contributed by atoms with Gasteiger partial charge in [0.15, 0.2) is 0 Å². The van der Waals surface area contributed by atoms with Crippen LogP contribution in [0.15, 0.2) is 33.3 Å². The average molecular weight is 281 g/mol. The molecule has 0 unspecified atom stereocenters. The molecule has 0 atom stereocenters. The van der Waals surface area contributed by atoms with E-state index in [9.17, 15) is 0 Å². The summed E-state index contributed by atoms with van der Waals surface area (Å²) in [5, 5.41) is 3.23. The van der Waals surface area contributed by atoms with Gasteiger partial charge in [0.1, 0.15) is 17.3 Å². The Morgan fingerprint density at radius 2 is 2.12 bits per heavy atom. The molecule has 4 heteroatoms. The van der Waals surface area contributed by atoms with Gasteiger partial charge in [-0.25, -0.2) is 4.98 Å². The summed E-state index contributed by atoms with van der Waals surface area (Å²) in [6, 6.07) is 5.88. The number of aryl methyl sites for hydroxylation is 2. The minimum atomic E-state index is 0.642. The summed E-state index contributed by atoms with van der Waals surface area (Å²) in [6.45, 7) is 4.61. The molecule has 0 saturated heterocycles. The van der Waals surface area contributed by atoms with Crippen molar-refractivity contribution < 1.29 is 4.42 Å². The van der Waals surface area contributed by atoms with Crippen LogP contribution < -0.4 is 5.32 Å². The van der Waals surface area contributed by atoms with Gasteiger partial charge in [-0.05, 0) is 53.5 Å². The minimum absolute atomic E-state index is 0.642. The van der Waals surface area contributed by atoms with Crippen molar-refractivity contribution in [3.63, 3.8) is 0 Å². The fourth-order valence-corrected chi connectivity index (χ4v) is 1.79. The lowest BCUT2D eigenvalue weighted by molar-refractivity contribution is 0.490. The second-order valence-corrected chi connectivity index (χ2v) is 4.45. The Bertz CT molecular complexity index is 494. The van der Waals surface area contributed by atoms with Crippen LogP contribution in [0, 0.1) is 13.8 Å². The van der Waals surface area contributed by atoms with E-state index >= 15 is 0 Å². The molecule has 0 bridgehead atoms. The maximum atomic E-state index is 5.47. The monoisotopic (exact) mass is 280 g/mol. The summed E-state index contributed by atoms with van der Waals surface area (Å²) >= 11 is 3.50. The largest absolute Gasteiger partial charge is 0.465 e. The molecule has 0 aliphatic carbocycles. The van der Waals surface area contributed by atoms with Gasteiger partial charge in [0.2, 0.25) is 0 Å². The van der Waals surface area contributed by atoms with Gasteiger partial charge in [-0.2, -0.15) is 0 Å². The van der Waals surface area contributed by atoms with Crippen LogP contribution in [0.2, 0.25) is 0 Å². The standard InChI is InChI=1S/C12H13BrN2O/c1-8-5-6-14-12(11(8)13)15-7-10-4-3-9(2)16-10/h3-6H,7H2,1-2H3,(H,14,15). The Hall–Kier alpha value is -1.29. The maximum absolute atomic E-state index is 5.47. The first kappa shape index (κ1) is 11.2. The number of furan rings is 1. The van der Waals surface area contributed by atoms with Gasteiger partial charge in [-0.3, -0.25) is 0 Å². The zero-order valence-corrected chi connectivity index (χ0v) is 10.8. The molecule has 3 nitrogen and oxygen atoms in total. The van der Waals surface area contributed by atoms with Crippen molar-refractivity contribution in [3.8, 4) is 0 Å². The molecular formula is C12H13BrN2O. The van der Waals surface area contributed by atoms with Gasteiger partial charge in [-0.1, -0.05) is 0 Å². The Labute approximate surface area is 103 Å². The maximum Gasteiger partial charge on any atom is 0.140 e. The number of nitrogens with one attached hydrogen (secondary N) is 1. The van der Waals surface area contributed by atoms with E-state index < -0.39 is 0 Å². The highest BCUT2D eigenvalue weighted by Crippen LogP contribution is 2.23. The van der Waals surface area contributed by atoms with E-state index in [4.69, 9.17) is 4.42 Å². The molecule has 1 N–H and O–H groups in total. The molecule has 16 heavy (non-hydrogen) atoms. The molecule has 0 radical (unpaired) electrons. The summed E-state index contributed by atoms with van der Waals surface area (Å²) < 4.78 is 6.47. The molecule has 2 aromatic heterocycles. The Morgan fingerprint density at radius 1 is 1.31 bits per heavy atom. The number of aromatic nitrogens is 1. The molecule has 2 rings (SSSR count). The molecule has 0 fully saturated rings. The minimum Gasteiger partial charge on any atom is -0.465 e. The van der Waals surface area contributed by atoms with E-state index in [1.165, 1.54) is 0 Å². The highest BCUT2D eigenvalue weighted by atomic mass is 79.9. The lowest BCUT2D eigenvalue weighted by atomic mass is 10.3. The third kappa shape index (κ3) is 2.44. The van der Waals surface area contributed by atoms with Crippen LogP contribution in [-0.4, -0.2) is 4.98 Å². The van der Waals surface area contributed by atoms with Crippen LogP contribution >= 0.6 is 15.9 Å². The smallest absolute Gasteiger partial charge is 0.140 e. The summed E-state index contributed by atoms with van der Waals surface area (Å²) in [7, 11) is 0. The SMILES string of the molecule is Cc1ccc(CNc2nccc(C)c2Br)o1. The Balaban J connectivity index is 2.07. The fraction of sp³-hybridized carbons (Fsp3) is 0.250. The summed E-state index contributed by atoms with van der Waals surface area (Å²) in [6.07, 6.45) is 1.79. The average Bonchev–Trinajstić information content (AvgIpc) is 2.67. The number of hydrogen-bond acceptors (Lipinski definition) is 3. The summed E-state index contributed by atoms with van der Waals surface area (Å²) in [5.74, 6) is 2.68. The van der Waals surface area contributed by atoms with Crippen LogP contribution in [0.25, 0.3) is 0 Å². The van der Waals surface area contributed by atoms with Gasteiger partial charge in [0.25, 0.3) is 0 Å². The van der Waals surface area contributed by atoms with Crippen LogP contribution in [-0.2, 0) is 6.54 Å². The summed E-state index contributed by atoms with van der Waals surface area (Å²) in [4.78, 5) is 4.26. The van der Waals surface area contributed by atoms with Crippen molar-refractivity contribution in [1.29, 1.82) is 0 Å². The quantitative estimate of drug-likeness (QED) is 0.932. The lowest BCUT2D eigenvalue weighted by Gasteiger charge is -2.07. The first-order valence-electron chi connectivity index (χ1n) is 5.07. The number of halogens is 1. The second-order valence-electron chi connectivity index (χ2n) is 3.66. The highest BCUT2D eigenvalue weighted by Gasteiger charge is 2.04. The molecule has 0 saturated carbocycles. The van der Waals surface area contributed by atoms with Crippen LogP contribution in [0.1, 0.15) is 17.1 Å². The van der Waals surface area contributed by atoms with Gasteiger partial charge >= 0.3 is 0 Å². The van der Waals surface area contributed by atoms with Crippen LogP contribution in [0.3, 0.4) is 0 Å². The van der Waals surface area contributed by atoms with Crippen molar-refractivity contribution in [1.82, 2.24) is 4.98 Å². The zero-order chi connectivity index (χ0) is 11.5. The second kappa shape index (κ2) is 4.70. The molecule has 0 aliphatic rings. The van der Waals surface area contributed by atoms with Crippen LogP contribution in [0.5, 0.6) is 0 Å².